The maximum absolute atomic E-state index is 12.1. The fourth-order valence-electron chi connectivity index (χ4n) is 2.74. The van der Waals surface area contributed by atoms with E-state index < -0.39 is 0 Å². The number of aromatic nitrogens is 1. The fourth-order valence-corrected chi connectivity index (χ4v) is 3.60. The van der Waals surface area contributed by atoms with Gasteiger partial charge in [0.15, 0.2) is 5.71 Å². The van der Waals surface area contributed by atoms with Crippen molar-refractivity contribution in [2.75, 3.05) is 5.32 Å². The summed E-state index contributed by atoms with van der Waals surface area (Å²) < 4.78 is 1.98. The van der Waals surface area contributed by atoms with E-state index in [0.29, 0.717) is 5.71 Å². The third-order valence-corrected chi connectivity index (χ3v) is 5.06. The minimum Gasteiger partial charge on any atom is -0.320 e. The summed E-state index contributed by atoms with van der Waals surface area (Å²) in [4.78, 5) is 12.8. The Morgan fingerprint density at radius 3 is 2.60 bits per heavy atom. The fraction of sp³-hybridized carbons (Fsp3) is 0.105. The molecule has 0 unspecified atom stereocenters. The number of amides is 1. The summed E-state index contributed by atoms with van der Waals surface area (Å²) in [5.41, 5.74) is 5.33. The minimum absolute atomic E-state index is 0.220. The molecule has 0 atom stereocenters. The second kappa shape index (κ2) is 6.14. The van der Waals surface area contributed by atoms with Crippen LogP contribution in [0.15, 0.2) is 64.1 Å². The van der Waals surface area contributed by atoms with Crippen LogP contribution in [0.2, 0.25) is 0 Å². The molecule has 0 aliphatic carbocycles. The van der Waals surface area contributed by atoms with Crippen LogP contribution in [0.5, 0.6) is 0 Å². The van der Waals surface area contributed by atoms with Crippen LogP contribution in [0.1, 0.15) is 11.1 Å². The number of hydrogen-bond acceptors (Lipinski definition) is 4. The molecule has 1 aromatic heterocycles. The number of rotatable bonds is 2. The molecular formula is C19H16N4OS. The molecule has 124 valence electrons. The van der Waals surface area contributed by atoms with Gasteiger partial charge in [0.05, 0.1) is 11.4 Å². The number of fused-ring (bicyclic) bond motifs is 1. The summed E-state index contributed by atoms with van der Waals surface area (Å²) in [6.45, 7) is 2.07. The van der Waals surface area contributed by atoms with Crippen LogP contribution in [0.4, 0.5) is 5.69 Å². The molecule has 6 heteroatoms. The van der Waals surface area contributed by atoms with Gasteiger partial charge in [0.2, 0.25) is 4.80 Å². The average Bonchev–Trinajstić information content (AvgIpc) is 3.13. The lowest BCUT2D eigenvalue weighted by molar-refractivity contribution is -0.110. The smallest absolute Gasteiger partial charge is 0.276 e. The van der Waals surface area contributed by atoms with E-state index in [1.807, 2.05) is 41.3 Å². The molecule has 1 amide bonds. The Bertz CT molecular complexity index is 1060. The minimum atomic E-state index is -0.220. The van der Waals surface area contributed by atoms with Gasteiger partial charge in [-0.2, -0.15) is 0 Å². The van der Waals surface area contributed by atoms with Gasteiger partial charge in [0, 0.05) is 18.0 Å². The second-order valence-corrected chi connectivity index (χ2v) is 6.71. The van der Waals surface area contributed by atoms with E-state index in [-0.39, 0.29) is 5.91 Å². The number of carbonyl (C=O) groups excluding carboxylic acids is 1. The number of aryl methyl sites for hydroxylation is 1. The highest BCUT2D eigenvalue weighted by Crippen LogP contribution is 2.23. The van der Waals surface area contributed by atoms with Crippen molar-refractivity contribution in [1.29, 1.82) is 0 Å². The van der Waals surface area contributed by atoms with Gasteiger partial charge < -0.3 is 9.88 Å². The third kappa shape index (κ3) is 2.81. The van der Waals surface area contributed by atoms with Crippen LogP contribution in [0, 0.1) is 6.92 Å². The van der Waals surface area contributed by atoms with Gasteiger partial charge in [0.25, 0.3) is 5.91 Å². The molecular weight excluding hydrogens is 332 g/mol. The number of benzene rings is 2. The lowest BCUT2D eigenvalue weighted by atomic mass is 10.1. The van der Waals surface area contributed by atoms with Gasteiger partial charge >= 0.3 is 0 Å². The molecule has 0 saturated heterocycles. The van der Waals surface area contributed by atoms with Gasteiger partial charge in [0.1, 0.15) is 0 Å². The largest absolute Gasteiger partial charge is 0.320 e. The highest BCUT2D eigenvalue weighted by molar-refractivity contribution is 7.07. The van der Waals surface area contributed by atoms with Crippen LogP contribution in [0.25, 0.3) is 11.3 Å². The van der Waals surface area contributed by atoms with Gasteiger partial charge in [-0.25, -0.2) is 0 Å². The summed E-state index contributed by atoms with van der Waals surface area (Å²) in [5.74, 6) is -0.220. The molecule has 4 rings (SSSR count). The average molecular weight is 348 g/mol. The van der Waals surface area contributed by atoms with Crippen molar-refractivity contribution in [3.63, 3.8) is 0 Å². The maximum atomic E-state index is 12.1. The van der Waals surface area contributed by atoms with E-state index >= 15 is 0 Å². The topological polar surface area (TPSA) is 58.8 Å². The van der Waals surface area contributed by atoms with Crippen molar-refractivity contribution in [1.82, 2.24) is 4.57 Å². The first-order valence-electron chi connectivity index (χ1n) is 7.87. The van der Waals surface area contributed by atoms with Crippen molar-refractivity contribution in [3.8, 4) is 11.3 Å². The Labute approximate surface area is 149 Å². The van der Waals surface area contributed by atoms with Crippen LogP contribution < -0.4 is 10.1 Å². The first-order valence-corrected chi connectivity index (χ1v) is 8.75. The Morgan fingerprint density at radius 2 is 1.80 bits per heavy atom. The van der Waals surface area contributed by atoms with E-state index in [0.717, 1.165) is 27.3 Å². The van der Waals surface area contributed by atoms with Crippen molar-refractivity contribution in [2.24, 2.45) is 17.3 Å². The van der Waals surface area contributed by atoms with Gasteiger partial charge in [-0.05, 0) is 18.6 Å². The number of hydrogen-bond donors (Lipinski definition) is 1. The first-order chi connectivity index (χ1) is 12.1. The molecule has 0 fully saturated rings. The van der Waals surface area contributed by atoms with E-state index in [1.165, 1.54) is 16.9 Å². The zero-order valence-corrected chi connectivity index (χ0v) is 14.7. The predicted molar refractivity (Wildman–Crippen MR) is 101 cm³/mol. The monoisotopic (exact) mass is 348 g/mol. The van der Waals surface area contributed by atoms with Crippen molar-refractivity contribution in [2.45, 2.75) is 6.92 Å². The first kappa shape index (κ1) is 15.5. The van der Waals surface area contributed by atoms with E-state index in [1.54, 1.807) is 0 Å². The highest BCUT2D eigenvalue weighted by atomic mass is 32.1. The lowest BCUT2D eigenvalue weighted by Crippen LogP contribution is -2.15. The number of anilines is 1. The number of carbonyl (C=O) groups is 1. The molecule has 0 bridgehead atoms. The molecule has 2 aromatic carbocycles. The molecule has 1 aliphatic heterocycles. The quantitative estimate of drug-likeness (QED) is 0.710. The molecule has 2 heterocycles. The number of thiazole rings is 1. The zero-order valence-electron chi connectivity index (χ0n) is 13.9. The van der Waals surface area contributed by atoms with Crippen molar-refractivity contribution < 1.29 is 4.79 Å². The Hall–Kier alpha value is -2.99. The molecule has 1 aliphatic rings. The molecule has 0 spiro atoms. The second-order valence-electron chi connectivity index (χ2n) is 5.88. The molecule has 0 radical (unpaired) electrons. The third-order valence-electron chi connectivity index (χ3n) is 4.15. The van der Waals surface area contributed by atoms with E-state index in [2.05, 4.69) is 46.7 Å². The summed E-state index contributed by atoms with van der Waals surface area (Å²) in [5, 5.41) is 13.4. The molecule has 3 aromatic rings. The molecule has 5 nitrogen and oxygen atoms in total. The summed E-state index contributed by atoms with van der Waals surface area (Å²) in [7, 11) is 1.95. The lowest BCUT2D eigenvalue weighted by Gasteiger charge is -2.02. The summed E-state index contributed by atoms with van der Waals surface area (Å²) in [6, 6.07) is 15.8. The molecule has 0 saturated carbocycles. The van der Waals surface area contributed by atoms with Crippen molar-refractivity contribution >= 4 is 28.6 Å². The Kier molecular flexibility index (Phi) is 3.82. The van der Waals surface area contributed by atoms with E-state index in [4.69, 9.17) is 0 Å². The Morgan fingerprint density at radius 1 is 1.04 bits per heavy atom. The molecule has 1 N–H and O–H groups in total. The van der Waals surface area contributed by atoms with E-state index in [9.17, 15) is 4.79 Å². The number of nitrogens with zero attached hydrogens (tertiary/aromatic N) is 3. The van der Waals surface area contributed by atoms with Gasteiger partial charge in [-0.3, -0.25) is 4.79 Å². The predicted octanol–water partition coefficient (Wildman–Crippen LogP) is 3.32. The normalized spacial score (nSPS) is 15.5. The van der Waals surface area contributed by atoms with Gasteiger partial charge in [-0.15, -0.1) is 21.5 Å². The SMILES string of the molecule is Cc1ccc(-c2cs/c(=N\N=C3\C(=O)Nc4ccccc43)n2C)cc1. The van der Waals surface area contributed by atoms with Crippen LogP contribution in [-0.4, -0.2) is 16.2 Å². The van der Waals surface area contributed by atoms with Crippen LogP contribution in [-0.2, 0) is 11.8 Å². The number of nitrogens with one attached hydrogen (secondary N) is 1. The molecule has 25 heavy (non-hydrogen) atoms. The Balaban J connectivity index is 1.74. The van der Waals surface area contributed by atoms with Crippen LogP contribution in [0.3, 0.4) is 0 Å². The van der Waals surface area contributed by atoms with Crippen LogP contribution >= 0.6 is 11.3 Å². The highest BCUT2D eigenvalue weighted by Gasteiger charge is 2.25. The summed E-state index contributed by atoms with van der Waals surface area (Å²) in [6.07, 6.45) is 0. The maximum Gasteiger partial charge on any atom is 0.276 e. The number of para-hydroxylation sites is 1. The zero-order chi connectivity index (χ0) is 17.4. The summed E-state index contributed by atoms with van der Waals surface area (Å²) >= 11 is 1.50. The van der Waals surface area contributed by atoms with Gasteiger partial charge in [-0.1, -0.05) is 48.0 Å². The standard InChI is InChI=1S/C19H16N4OS/c1-12-7-9-13(10-8-12)16-11-25-19(23(16)2)22-21-17-14-5-3-4-6-15(14)20-18(17)24/h3-11H,1-2H3,(H,20,21,24)/b22-19-. The van der Waals surface area contributed by atoms with Crippen molar-refractivity contribution in [3.05, 3.63) is 69.8 Å².